The Morgan fingerprint density at radius 1 is 0.480 bits per heavy atom. The van der Waals surface area contributed by atoms with Crippen LogP contribution in [0.4, 0.5) is 0 Å². The molecule has 0 radical (unpaired) electrons. The molecule has 292 valence electrons. The van der Waals surface area contributed by atoms with Gasteiger partial charge < -0.3 is 15.5 Å². The molecule has 1 amide bonds. The van der Waals surface area contributed by atoms with Crippen molar-refractivity contribution in [2.75, 3.05) is 6.61 Å². The summed E-state index contributed by atoms with van der Waals surface area (Å²) in [5.74, 6) is -0.0783. The maximum absolute atomic E-state index is 12.3. The lowest BCUT2D eigenvalue weighted by Gasteiger charge is -2.19. The highest BCUT2D eigenvalue weighted by molar-refractivity contribution is 5.76. The number of carbonyl (C=O) groups is 1. The van der Waals surface area contributed by atoms with Crippen LogP contribution in [0.25, 0.3) is 0 Å². The Kier molecular flexibility index (Phi) is 40.4. The van der Waals surface area contributed by atoms with Crippen molar-refractivity contribution in [3.63, 3.8) is 0 Å². The van der Waals surface area contributed by atoms with E-state index in [-0.39, 0.29) is 12.5 Å². The molecule has 0 aromatic carbocycles. The first kappa shape index (κ1) is 48.3. The first-order valence-corrected chi connectivity index (χ1v) is 21.9. The molecule has 0 aliphatic carbocycles. The average Bonchev–Trinajstić information content (AvgIpc) is 3.12. The fourth-order valence-corrected chi connectivity index (χ4v) is 6.40. The van der Waals surface area contributed by atoms with E-state index in [2.05, 4.69) is 55.6 Å². The van der Waals surface area contributed by atoms with Gasteiger partial charge in [-0.2, -0.15) is 0 Å². The van der Waals surface area contributed by atoms with Crippen LogP contribution < -0.4 is 5.32 Å². The van der Waals surface area contributed by atoms with Crippen LogP contribution in [0.15, 0.2) is 48.6 Å². The number of rotatable bonds is 39. The van der Waals surface area contributed by atoms with E-state index in [0.29, 0.717) is 6.42 Å². The minimum absolute atomic E-state index is 0.0783. The fourth-order valence-electron chi connectivity index (χ4n) is 6.40. The predicted molar refractivity (Wildman–Crippen MR) is 221 cm³/mol. The van der Waals surface area contributed by atoms with Crippen LogP contribution in [0.5, 0.6) is 0 Å². The summed E-state index contributed by atoms with van der Waals surface area (Å²) in [4.78, 5) is 12.3. The van der Waals surface area contributed by atoms with Crippen LogP contribution in [0, 0.1) is 0 Å². The Bertz CT molecular complexity index is 801. The van der Waals surface area contributed by atoms with Gasteiger partial charge in [0.25, 0.3) is 0 Å². The van der Waals surface area contributed by atoms with Crippen LogP contribution in [-0.4, -0.2) is 34.9 Å². The molecule has 2 unspecified atom stereocenters. The highest BCUT2D eigenvalue weighted by atomic mass is 16.3. The lowest BCUT2D eigenvalue weighted by Crippen LogP contribution is -2.45. The zero-order chi connectivity index (χ0) is 36.4. The summed E-state index contributed by atoms with van der Waals surface area (Å²) in [7, 11) is 0. The summed E-state index contributed by atoms with van der Waals surface area (Å²) in [5.41, 5.74) is 0. The molecule has 0 aromatic heterocycles. The summed E-state index contributed by atoms with van der Waals surface area (Å²) in [6.45, 7) is 4.24. The van der Waals surface area contributed by atoms with Crippen molar-refractivity contribution < 1.29 is 15.0 Å². The van der Waals surface area contributed by atoms with Gasteiger partial charge in [-0.15, -0.1) is 0 Å². The molecule has 3 N–H and O–H groups in total. The van der Waals surface area contributed by atoms with Crippen LogP contribution in [0.3, 0.4) is 0 Å². The SMILES string of the molecule is CCCCC/C=C/CC/C=C/C(O)C(CO)NC(=O)CCCCCCCCCCCCCCC/C=C\C/C=C\CCCCCCCCCCC. The van der Waals surface area contributed by atoms with Gasteiger partial charge in [-0.05, 0) is 64.2 Å². The Morgan fingerprint density at radius 2 is 0.840 bits per heavy atom. The monoisotopic (exact) mass is 700 g/mol. The summed E-state index contributed by atoms with van der Waals surface area (Å²) in [6, 6.07) is -0.637. The number of unbranched alkanes of at least 4 members (excludes halogenated alkanes) is 26. The van der Waals surface area contributed by atoms with E-state index in [1.54, 1.807) is 6.08 Å². The molecule has 0 bridgehead atoms. The molecular weight excluding hydrogens is 615 g/mol. The quantitative estimate of drug-likeness (QED) is 0.0442. The number of carbonyl (C=O) groups excluding carboxylic acids is 1. The molecule has 0 saturated carbocycles. The van der Waals surface area contributed by atoms with Crippen molar-refractivity contribution in [2.24, 2.45) is 0 Å². The van der Waals surface area contributed by atoms with Gasteiger partial charge in [-0.1, -0.05) is 197 Å². The number of hydrogen-bond donors (Lipinski definition) is 3. The maximum atomic E-state index is 12.3. The van der Waals surface area contributed by atoms with Gasteiger partial charge in [0.2, 0.25) is 5.91 Å². The van der Waals surface area contributed by atoms with E-state index in [9.17, 15) is 15.0 Å². The Balaban J connectivity index is 3.49. The largest absolute Gasteiger partial charge is 0.394 e. The molecule has 0 heterocycles. The van der Waals surface area contributed by atoms with Crippen molar-refractivity contribution in [3.05, 3.63) is 48.6 Å². The molecule has 50 heavy (non-hydrogen) atoms. The third kappa shape index (κ3) is 37.6. The predicted octanol–water partition coefficient (Wildman–Crippen LogP) is 13.6. The lowest BCUT2D eigenvalue weighted by atomic mass is 10.0. The second-order valence-electron chi connectivity index (χ2n) is 14.8. The molecular formula is C46H85NO3. The van der Waals surface area contributed by atoms with Crippen LogP contribution in [-0.2, 0) is 4.79 Å². The third-order valence-corrected chi connectivity index (χ3v) is 9.78. The second kappa shape index (κ2) is 41.8. The summed E-state index contributed by atoms with van der Waals surface area (Å²) < 4.78 is 0. The highest BCUT2D eigenvalue weighted by Gasteiger charge is 2.17. The molecule has 0 rings (SSSR count). The van der Waals surface area contributed by atoms with E-state index in [1.807, 2.05) is 6.08 Å². The Labute approximate surface area is 312 Å². The van der Waals surface area contributed by atoms with Crippen molar-refractivity contribution in [2.45, 2.75) is 231 Å². The van der Waals surface area contributed by atoms with E-state index < -0.39 is 12.1 Å². The molecule has 0 aliphatic heterocycles. The van der Waals surface area contributed by atoms with Crippen LogP contribution >= 0.6 is 0 Å². The Morgan fingerprint density at radius 3 is 1.32 bits per heavy atom. The Hall–Kier alpha value is -1.65. The van der Waals surface area contributed by atoms with Crippen LogP contribution in [0.1, 0.15) is 219 Å². The van der Waals surface area contributed by atoms with E-state index in [0.717, 1.165) is 38.5 Å². The number of amides is 1. The molecule has 0 fully saturated rings. The number of aliphatic hydroxyl groups is 2. The zero-order valence-electron chi connectivity index (χ0n) is 33.4. The fraction of sp³-hybridized carbons (Fsp3) is 0.804. The zero-order valence-corrected chi connectivity index (χ0v) is 33.4. The molecule has 0 aromatic rings. The number of aliphatic hydroxyl groups excluding tert-OH is 2. The summed E-state index contributed by atoms with van der Waals surface area (Å²) >= 11 is 0. The van der Waals surface area contributed by atoms with Gasteiger partial charge in [0.1, 0.15) is 0 Å². The number of allylic oxidation sites excluding steroid dienone is 7. The van der Waals surface area contributed by atoms with Crippen LogP contribution in [0.2, 0.25) is 0 Å². The maximum Gasteiger partial charge on any atom is 0.220 e. The summed E-state index contributed by atoms with van der Waals surface area (Å²) in [6.07, 6.45) is 56.7. The third-order valence-electron chi connectivity index (χ3n) is 9.78. The minimum Gasteiger partial charge on any atom is -0.394 e. The molecule has 0 aliphatic rings. The first-order chi connectivity index (χ1) is 24.7. The van der Waals surface area contributed by atoms with Gasteiger partial charge in [0.15, 0.2) is 0 Å². The standard InChI is InChI=1S/C46H85NO3/c1-3-5-7-9-11-13-14-15-16-17-18-19-20-21-22-23-24-25-26-27-28-29-30-31-32-34-36-38-40-42-46(50)47-44(43-48)45(49)41-39-37-35-33-12-10-8-6-4-2/h12,18-19,21-22,33,39,41,44-45,48-49H,3-11,13-17,20,23-32,34-38,40,42-43H2,1-2H3,(H,47,50)/b19-18-,22-21-,33-12+,41-39+. The number of hydrogen-bond acceptors (Lipinski definition) is 3. The summed E-state index contributed by atoms with van der Waals surface area (Å²) in [5, 5.41) is 22.8. The van der Waals surface area contributed by atoms with Crippen molar-refractivity contribution in [1.82, 2.24) is 5.32 Å². The molecule has 2 atom stereocenters. The second-order valence-corrected chi connectivity index (χ2v) is 14.8. The normalized spacial score (nSPS) is 13.4. The average molecular weight is 700 g/mol. The topological polar surface area (TPSA) is 69.6 Å². The molecule has 0 saturated heterocycles. The smallest absolute Gasteiger partial charge is 0.220 e. The van der Waals surface area contributed by atoms with E-state index >= 15 is 0 Å². The lowest BCUT2D eigenvalue weighted by molar-refractivity contribution is -0.123. The molecule has 4 nitrogen and oxygen atoms in total. The van der Waals surface area contributed by atoms with Crippen molar-refractivity contribution in [3.8, 4) is 0 Å². The molecule has 0 spiro atoms. The van der Waals surface area contributed by atoms with Gasteiger partial charge in [-0.3, -0.25) is 4.79 Å². The van der Waals surface area contributed by atoms with Crippen molar-refractivity contribution in [1.29, 1.82) is 0 Å². The van der Waals surface area contributed by atoms with Gasteiger partial charge >= 0.3 is 0 Å². The van der Waals surface area contributed by atoms with Gasteiger partial charge in [0.05, 0.1) is 18.8 Å². The minimum atomic E-state index is -0.860. The van der Waals surface area contributed by atoms with Crippen molar-refractivity contribution >= 4 is 5.91 Å². The molecule has 4 heteroatoms. The van der Waals surface area contributed by atoms with Gasteiger partial charge in [-0.25, -0.2) is 0 Å². The highest BCUT2D eigenvalue weighted by Crippen LogP contribution is 2.14. The van der Waals surface area contributed by atoms with E-state index in [4.69, 9.17) is 0 Å². The number of nitrogens with one attached hydrogen (secondary N) is 1. The van der Waals surface area contributed by atoms with Gasteiger partial charge in [0, 0.05) is 6.42 Å². The van der Waals surface area contributed by atoms with E-state index in [1.165, 1.54) is 161 Å². The first-order valence-electron chi connectivity index (χ1n) is 21.9.